The normalized spacial score (nSPS) is 17.8. The highest BCUT2D eigenvalue weighted by Gasteiger charge is 2.30. The number of nitrogens with zero attached hydrogens (tertiary/aromatic N) is 5. The maximum atomic E-state index is 12.6. The summed E-state index contributed by atoms with van der Waals surface area (Å²) in [4.78, 5) is 29.4. The number of hydrogen-bond donors (Lipinski definition) is 1. The van der Waals surface area contributed by atoms with Crippen LogP contribution in [-0.4, -0.2) is 55.0 Å². The Hall–Kier alpha value is -3.17. The van der Waals surface area contributed by atoms with Crippen molar-refractivity contribution in [1.82, 2.24) is 29.7 Å². The maximum Gasteiger partial charge on any atom is 0.410 e. The average Bonchev–Trinajstić information content (AvgIpc) is 3.29. The fourth-order valence-corrected chi connectivity index (χ4v) is 4.51. The van der Waals surface area contributed by atoms with Gasteiger partial charge in [-0.3, -0.25) is 4.79 Å². The van der Waals surface area contributed by atoms with E-state index in [4.69, 9.17) is 14.3 Å². The number of amides is 1. The van der Waals surface area contributed by atoms with E-state index in [2.05, 4.69) is 15.2 Å². The number of hydrogen-bond acceptors (Lipinski definition) is 7. The summed E-state index contributed by atoms with van der Waals surface area (Å²) in [7, 11) is 0. The second-order valence-electron chi connectivity index (χ2n) is 9.05. The van der Waals surface area contributed by atoms with E-state index < -0.39 is 0 Å². The Kier molecular flexibility index (Phi) is 5.22. The van der Waals surface area contributed by atoms with Gasteiger partial charge in [0.05, 0.1) is 17.5 Å². The number of aryl methyl sites for hydroxylation is 1. The number of fused-ring (bicyclic) bond motifs is 1. The van der Waals surface area contributed by atoms with Crippen LogP contribution in [0.4, 0.5) is 4.79 Å². The zero-order valence-corrected chi connectivity index (χ0v) is 18.6. The molecule has 2 aliphatic rings. The fourth-order valence-electron chi connectivity index (χ4n) is 4.51. The molecule has 0 radical (unpaired) electrons. The predicted octanol–water partition coefficient (Wildman–Crippen LogP) is 3.37. The van der Waals surface area contributed by atoms with Crippen LogP contribution in [0.25, 0.3) is 17.1 Å². The molecule has 0 unspecified atom stereocenters. The zero-order chi connectivity index (χ0) is 22.4. The molecule has 32 heavy (non-hydrogen) atoms. The van der Waals surface area contributed by atoms with E-state index in [0.29, 0.717) is 42.0 Å². The highest BCUT2D eigenvalue weighted by molar-refractivity contribution is 5.74. The molecule has 10 nitrogen and oxygen atoms in total. The van der Waals surface area contributed by atoms with Crippen LogP contribution >= 0.6 is 0 Å². The van der Waals surface area contributed by atoms with E-state index in [1.54, 1.807) is 15.5 Å². The van der Waals surface area contributed by atoms with Crippen molar-refractivity contribution >= 4 is 11.7 Å². The molecule has 1 aliphatic heterocycles. The Morgan fingerprint density at radius 2 is 1.94 bits per heavy atom. The first-order valence-electron chi connectivity index (χ1n) is 11.3. The molecule has 0 aromatic carbocycles. The van der Waals surface area contributed by atoms with E-state index >= 15 is 0 Å². The summed E-state index contributed by atoms with van der Waals surface area (Å²) in [6.07, 6.45) is 4.35. The molecule has 170 valence electrons. The summed E-state index contributed by atoms with van der Waals surface area (Å²) in [5.74, 6) is 1.48. The summed E-state index contributed by atoms with van der Waals surface area (Å²) in [6, 6.07) is 1.60. The van der Waals surface area contributed by atoms with E-state index in [-0.39, 0.29) is 23.7 Å². The minimum Gasteiger partial charge on any atom is -0.447 e. The van der Waals surface area contributed by atoms with Crippen molar-refractivity contribution in [1.29, 1.82) is 0 Å². The average molecular weight is 441 g/mol. The molecule has 0 atom stereocenters. The number of carbonyl (C=O) groups excluding carboxylic acids is 1. The third-order valence-corrected chi connectivity index (χ3v) is 6.44. The van der Waals surface area contributed by atoms with Crippen molar-refractivity contribution in [2.45, 2.75) is 70.8 Å². The molecule has 10 heteroatoms. The largest absolute Gasteiger partial charge is 0.447 e. The van der Waals surface area contributed by atoms with Gasteiger partial charge in [0.25, 0.3) is 11.4 Å². The number of ether oxygens (including phenoxy) is 1. The van der Waals surface area contributed by atoms with Gasteiger partial charge in [-0.2, -0.15) is 5.10 Å². The number of aromatic amines is 1. The minimum absolute atomic E-state index is 0.100. The highest BCUT2D eigenvalue weighted by Crippen LogP contribution is 2.37. The number of nitrogens with one attached hydrogen (secondary N) is 1. The van der Waals surface area contributed by atoms with Gasteiger partial charge in [-0.25, -0.2) is 9.31 Å². The summed E-state index contributed by atoms with van der Waals surface area (Å²) in [6.45, 7) is 6.71. The SMILES string of the molecule is Cc1nn2c(C3CCN(C(=O)OC(C)C)CC3)cc(=O)[nH]c2c1-c1nnc(C2CCC2)o1. The second-order valence-corrected chi connectivity index (χ2v) is 9.05. The van der Waals surface area contributed by atoms with Crippen LogP contribution in [-0.2, 0) is 4.74 Å². The third kappa shape index (κ3) is 3.67. The van der Waals surface area contributed by atoms with E-state index in [1.807, 2.05) is 20.8 Å². The number of carbonyl (C=O) groups is 1. The van der Waals surface area contributed by atoms with Gasteiger partial charge in [-0.15, -0.1) is 10.2 Å². The summed E-state index contributed by atoms with van der Waals surface area (Å²) in [5.41, 5.74) is 2.58. The van der Waals surface area contributed by atoms with Crippen molar-refractivity contribution in [3.63, 3.8) is 0 Å². The van der Waals surface area contributed by atoms with Crippen LogP contribution in [0.15, 0.2) is 15.3 Å². The Bertz CT molecular complexity index is 1200. The Morgan fingerprint density at radius 3 is 2.59 bits per heavy atom. The molecule has 0 spiro atoms. The molecule has 3 aromatic heterocycles. The van der Waals surface area contributed by atoms with Crippen LogP contribution in [0.1, 0.15) is 75.1 Å². The van der Waals surface area contributed by atoms with Gasteiger partial charge in [0.15, 0.2) is 0 Å². The predicted molar refractivity (Wildman–Crippen MR) is 116 cm³/mol. The van der Waals surface area contributed by atoms with Crippen molar-refractivity contribution < 1.29 is 13.9 Å². The molecule has 2 fully saturated rings. The number of aromatic nitrogens is 5. The molecule has 0 bridgehead atoms. The van der Waals surface area contributed by atoms with Gasteiger partial charge >= 0.3 is 6.09 Å². The molecule has 5 rings (SSSR count). The van der Waals surface area contributed by atoms with Crippen molar-refractivity contribution in [3.05, 3.63) is 33.7 Å². The van der Waals surface area contributed by atoms with E-state index in [9.17, 15) is 9.59 Å². The van der Waals surface area contributed by atoms with Crippen LogP contribution < -0.4 is 5.56 Å². The van der Waals surface area contributed by atoms with Gasteiger partial charge in [0.1, 0.15) is 11.2 Å². The first kappa shape index (κ1) is 20.7. The van der Waals surface area contributed by atoms with Gasteiger partial charge in [0, 0.05) is 31.0 Å². The van der Waals surface area contributed by atoms with Crippen molar-refractivity contribution in [2.75, 3.05) is 13.1 Å². The lowest BCUT2D eigenvalue weighted by molar-refractivity contribution is 0.0689. The summed E-state index contributed by atoms with van der Waals surface area (Å²) in [5, 5.41) is 13.2. The quantitative estimate of drug-likeness (QED) is 0.660. The minimum atomic E-state index is -0.287. The van der Waals surface area contributed by atoms with Gasteiger partial charge in [-0.05, 0) is 46.5 Å². The van der Waals surface area contributed by atoms with Gasteiger partial charge < -0.3 is 19.0 Å². The summed E-state index contributed by atoms with van der Waals surface area (Å²) < 4.78 is 13.1. The molecular formula is C22H28N6O4. The van der Waals surface area contributed by atoms with Crippen LogP contribution in [0, 0.1) is 6.92 Å². The smallest absolute Gasteiger partial charge is 0.410 e. The summed E-state index contributed by atoms with van der Waals surface area (Å²) >= 11 is 0. The fraction of sp³-hybridized carbons (Fsp3) is 0.591. The maximum absolute atomic E-state index is 12.6. The lowest BCUT2D eigenvalue weighted by Crippen LogP contribution is -2.39. The second kappa shape index (κ2) is 8.07. The van der Waals surface area contributed by atoms with Crippen LogP contribution in [0.5, 0.6) is 0 Å². The van der Waals surface area contributed by atoms with Crippen LogP contribution in [0.3, 0.4) is 0 Å². The molecular weight excluding hydrogens is 412 g/mol. The van der Waals surface area contributed by atoms with Crippen molar-refractivity contribution in [2.24, 2.45) is 0 Å². The number of likely N-dealkylation sites (tertiary alicyclic amines) is 1. The first-order valence-corrected chi connectivity index (χ1v) is 11.3. The van der Waals surface area contributed by atoms with Gasteiger partial charge in [0.2, 0.25) is 5.89 Å². The Morgan fingerprint density at radius 1 is 1.19 bits per heavy atom. The molecule has 1 saturated heterocycles. The first-order chi connectivity index (χ1) is 15.4. The number of rotatable bonds is 4. The van der Waals surface area contributed by atoms with Crippen LogP contribution in [0.2, 0.25) is 0 Å². The standard InChI is InChI=1S/C22H28N6O4/c1-12(2)31-22(30)27-9-7-14(8-10-27)16-11-17(29)23-19-18(13(3)26-28(16)19)21-25-24-20(32-21)15-5-4-6-15/h11-12,14-15H,4-10H2,1-3H3,(H,23,29). The molecule has 1 aliphatic carbocycles. The number of H-pyrrole nitrogens is 1. The number of piperidine rings is 1. The molecule has 3 aromatic rings. The third-order valence-electron chi connectivity index (χ3n) is 6.44. The molecule has 1 N–H and O–H groups in total. The van der Waals surface area contributed by atoms with E-state index in [0.717, 1.165) is 37.1 Å². The zero-order valence-electron chi connectivity index (χ0n) is 18.6. The monoisotopic (exact) mass is 440 g/mol. The Labute approximate surface area is 185 Å². The lowest BCUT2D eigenvalue weighted by Gasteiger charge is -2.31. The lowest BCUT2D eigenvalue weighted by atomic mass is 9.85. The van der Waals surface area contributed by atoms with Crippen molar-refractivity contribution in [3.8, 4) is 11.5 Å². The Balaban J connectivity index is 1.44. The highest BCUT2D eigenvalue weighted by atomic mass is 16.6. The molecule has 1 saturated carbocycles. The van der Waals surface area contributed by atoms with Gasteiger partial charge in [-0.1, -0.05) is 6.42 Å². The molecule has 4 heterocycles. The topological polar surface area (TPSA) is 119 Å². The van der Waals surface area contributed by atoms with E-state index in [1.165, 1.54) is 6.42 Å². The molecule has 1 amide bonds.